The smallest absolute Gasteiger partial charge is 0.312 e. The molecule has 0 heterocycles. The largest absolute Gasteiger partial charge is 0.495 e. The topological polar surface area (TPSA) is 108 Å². The standard InChI is InChI=1S/C15H16N2O6S/c1-10-4-6-14(22-2)12(8-10)16-24(20,21)11-5-7-15(23-3)13(9-11)17(18)19/h4-9,16H,1-3H3. The molecular weight excluding hydrogens is 336 g/mol. The van der Waals surface area contributed by atoms with E-state index >= 15 is 0 Å². The molecule has 0 aromatic heterocycles. The Labute approximate surface area is 139 Å². The monoisotopic (exact) mass is 352 g/mol. The molecule has 0 radical (unpaired) electrons. The van der Waals surface area contributed by atoms with Gasteiger partial charge in [-0.05, 0) is 36.8 Å². The van der Waals surface area contributed by atoms with Crippen LogP contribution >= 0.6 is 0 Å². The molecule has 2 rings (SSSR count). The summed E-state index contributed by atoms with van der Waals surface area (Å²) >= 11 is 0. The van der Waals surface area contributed by atoms with Crippen LogP contribution in [0.15, 0.2) is 41.3 Å². The maximum atomic E-state index is 12.5. The summed E-state index contributed by atoms with van der Waals surface area (Å²) in [5.41, 5.74) is 0.641. The highest BCUT2D eigenvalue weighted by Gasteiger charge is 2.23. The van der Waals surface area contributed by atoms with Gasteiger partial charge in [0.05, 0.1) is 29.7 Å². The fourth-order valence-corrected chi connectivity index (χ4v) is 3.17. The molecule has 0 aliphatic rings. The van der Waals surface area contributed by atoms with Crippen LogP contribution in [0.25, 0.3) is 0 Å². The van der Waals surface area contributed by atoms with E-state index in [1.54, 1.807) is 25.1 Å². The number of nitro groups is 1. The molecule has 0 aliphatic carbocycles. The molecule has 128 valence electrons. The highest BCUT2D eigenvalue weighted by atomic mass is 32.2. The summed E-state index contributed by atoms with van der Waals surface area (Å²) in [5.74, 6) is 0.319. The normalized spacial score (nSPS) is 11.0. The van der Waals surface area contributed by atoms with Gasteiger partial charge in [0.15, 0.2) is 5.75 Å². The Kier molecular flexibility index (Phi) is 4.93. The van der Waals surface area contributed by atoms with Gasteiger partial charge in [-0.2, -0.15) is 0 Å². The Morgan fingerprint density at radius 1 is 1.04 bits per heavy atom. The number of anilines is 1. The molecule has 2 aromatic carbocycles. The average Bonchev–Trinajstić information content (AvgIpc) is 2.54. The molecule has 9 heteroatoms. The Morgan fingerprint density at radius 3 is 2.25 bits per heavy atom. The van der Waals surface area contributed by atoms with Gasteiger partial charge in [-0.15, -0.1) is 0 Å². The van der Waals surface area contributed by atoms with Crippen LogP contribution in [-0.2, 0) is 10.0 Å². The van der Waals surface area contributed by atoms with Gasteiger partial charge in [-0.1, -0.05) is 6.07 Å². The summed E-state index contributed by atoms with van der Waals surface area (Å²) in [6.07, 6.45) is 0. The van der Waals surface area contributed by atoms with E-state index in [2.05, 4.69) is 4.72 Å². The summed E-state index contributed by atoms with van der Waals surface area (Å²) in [6, 6.07) is 8.42. The van der Waals surface area contributed by atoms with Crippen molar-refractivity contribution >= 4 is 21.4 Å². The molecule has 0 atom stereocenters. The minimum absolute atomic E-state index is 0.0212. The lowest BCUT2D eigenvalue weighted by molar-refractivity contribution is -0.386. The van der Waals surface area contributed by atoms with E-state index in [0.29, 0.717) is 5.75 Å². The first kappa shape index (κ1) is 17.5. The van der Waals surface area contributed by atoms with Crippen molar-refractivity contribution in [1.82, 2.24) is 0 Å². The van der Waals surface area contributed by atoms with Gasteiger partial charge >= 0.3 is 5.69 Å². The van der Waals surface area contributed by atoms with Crippen molar-refractivity contribution in [3.05, 3.63) is 52.1 Å². The number of benzene rings is 2. The number of methoxy groups -OCH3 is 2. The van der Waals surface area contributed by atoms with Crippen LogP contribution in [0.4, 0.5) is 11.4 Å². The zero-order valence-corrected chi connectivity index (χ0v) is 14.1. The van der Waals surface area contributed by atoms with Crippen LogP contribution in [0.1, 0.15) is 5.56 Å². The SMILES string of the molecule is COc1ccc(C)cc1NS(=O)(=O)c1ccc(OC)c([N+](=O)[O-])c1. The van der Waals surface area contributed by atoms with Crippen molar-refractivity contribution < 1.29 is 22.8 Å². The highest BCUT2D eigenvalue weighted by Crippen LogP contribution is 2.32. The van der Waals surface area contributed by atoms with Crippen molar-refractivity contribution in [2.24, 2.45) is 0 Å². The van der Waals surface area contributed by atoms with Crippen LogP contribution in [-0.4, -0.2) is 27.6 Å². The van der Waals surface area contributed by atoms with E-state index in [0.717, 1.165) is 11.6 Å². The first-order valence-corrected chi connectivity index (χ1v) is 8.26. The molecule has 24 heavy (non-hydrogen) atoms. The molecule has 0 amide bonds. The number of nitrogens with one attached hydrogen (secondary N) is 1. The summed E-state index contributed by atoms with van der Waals surface area (Å²) in [6.45, 7) is 1.80. The molecule has 0 fully saturated rings. The Balaban J connectivity index is 2.47. The van der Waals surface area contributed by atoms with Crippen molar-refractivity contribution in [1.29, 1.82) is 0 Å². The molecule has 8 nitrogen and oxygen atoms in total. The number of aryl methyl sites for hydroxylation is 1. The first-order chi connectivity index (χ1) is 11.3. The number of ether oxygens (including phenoxy) is 2. The van der Waals surface area contributed by atoms with Gasteiger partial charge in [0, 0.05) is 6.07 Å². The number of nitro benzene ring substituents is 1. The van der Waals surface area contributed by atoms with E-state index in [1.807, 2.05) is 0 Å². The number of hydrogen-bond donors (Lipinski definition) is 1. The number of nitrogens with zero attached hydrogens (tertiary/aromatic N) is 1. The Bertz CT molecular complexity index is 880. The number of rotatable bonds is 6. The van der Waals surface area contributed by atoms with Crippen molar-refractivity contribution in [3.8, 4) is 11.5 Å². The number of hydrogen-bond acceptors (Lipinski definition) is 6. The maximum Gasteiger partial charge on any atom is 0.312 e. The van der Waals surface area contributed by atoms with E-state index < -0.39 is 20.6 Å². The molecule has 0 aliphatic heterocycles. The molecule has 0 unspecified atom stereocenters. The van der Waals surface area contributed by atoms with E-state index in [-0.39, 0.29) is 16.3 Å². The van der Waals surface area contributed by atoms with Crippen LogP contribution in [0.3, 0.4) is 0 Å². The van der Waals surface area contributed by atoms with Gasteiger partial charge in [-0.25, -0.2) is 8.42 Å². The third-order valence-corrected chi connectivity index (χ3v) is 4.62. The van der Waals surface area contributed by atoms with Gasteiger partial charge in [-0.3, -0.25) is 14.8 Å². The van der Waals surface area contributed by atoms with Crippen molar-refractivity contribution in [2.45, 2.75) is 11.8 Å². The van der Waals surface area contributed by atoms with Crippen LogP contribution in [0.5, 0.6) is 11.5 Å². The zero-order chi connectivity index (χ0) is 17.9. The fourth-order valence-electron chi connectivity index (χ4n) is 2.08. The molecule has 0 spiro atoms. The molecule has 1 N–H and O–H groups in total. The van der Waals surface area contributed by atoms with Crippen LogP contribution in [0, 0.1) is 17.0 Å². The molecule has 2 aromatic rings. The quantitative estimate of drug-likeness (QED) is 0.632. The molecule has 0 saturated carbocycles. The molecule has 0 bridgehead atoms. The second-order valence-electron chi connectivity index (χ2n) is 4.90. The summed E-state index contributed by atoms with van der Waals surface area (Å²) in [4.78, 5) is 10.1. The maximum absolute atomic E-state index is 12.5. The van der Waals surface area contributed by atoms with E-state index in [9.17, 15) is 18.5 Å². The lowest BCUT2D eigenvalue weighted by atomic mass is 10.2. The third-order valence-electron chi connectivity index (χ3n) is 3.26. The summed E-state index contributed by atoms with van der Waals surface area (Å²) in [5, 5.41) is 11.1. The lowest BCUT2D eigenvalue weighted by Gasteiger charge is -2.13. The van der Waals surface area contributed by atoms with Gasteiger partial charge < -0.3 is 9.47 Å². The second-order valence-corrected chi connectivity index (χ2v) is 6.58. The minimum atomic E-state index is -4.03. The third kappa shape index (κ3) is 3.57. The molecular formula is C15H16N2O6S. The Morgan fingerprint density at radius 2 is 1.67 bits per heavy atom. The first-order valence-electron chi connectivity index (χ1n) is 6.78. The Hall–Kier alpha value is -2.81. The van der Waals surface area contributed by atoms with E-state index in [4.69, 9.17) is 9.47 Å². The zero-order valence-electron chi connectivity index (χ0n) is 13.3. The fraction of sp³-hybridized carbons (Fsp3) is 0.200. The van der Waals surface area contributed by atoms with Crippen molar-refractivity contribution in [3.63, 3.8) is 0 Å². The minimum Gasteiger partial charge on any atom is -0.495 e. The van der Waals surface area contributed by atoms with Gasteiger partial charge in [0.2, 0.25) is 0 Å². The van der Waals surface area contributed by atoms with Crippen molar-refractivity contribution in [2.75, 3.05) is 18.9 Å². The summed E-state index contributed by atoms with van der Waals surface area (Å²) in [7, 11) is -1.35. The van der Waals surface area contributed by atoms with Gasteiger partial charge in [0.1, 0.15) is 5.75 Å². The predicted octanol–water partition coefficient (Wildman–Crippen LogP) is 2.72. The average molecular weight is 352 g/mol. The van der Waals surface area contributed by atoms with Crippen LogP contribution in [0.2, 0.25) is 0 Å². The second kappa shape index (κ2) is 6.75. The summed E-state index contributed by atoms with van der Waals surface area (Å²) < 4.78 is 37.4. The lowest BCUT2D eigenvalue weighted by Crippen LogP contribution is -2.14. The highest BCUT2D eigenvalue weighted by molar-refractivity contribution is 7.92. The van der Waals surface area contributed by atoms with Crippen LogP contribution < -0.4 is 14.2 Å². The number of sulfonamides is 1. The van der Waals surface area contributed by atoms with Gasteiger partial charge in [0.25, 0.3) is 10.0 Å². The van der Waals surface area contributed by atoms with E-state index in [1.165, 1.54) is 26.4 Å². The predicted molar refractivity (Wildman–Crippen MR) is 88.2 cm³/mol. The molecule has 0 saturated heterocycles.